The SMILES string of the molecule is CCC(=O)O[C@H]1CCN(c2ccccc2)[C@H](N)C1. The maximum atomic E-state index is 11.3. The van der Waals surface area contributed by atoms with E-state index in [1.54, 1.807) is 6.92 Å². The predicted octanol–water partition coefficient (Wildman–Crippen LogP) is 1.89. The fraction of sp³-hybridized carbons (Fsp3) is 0.500. The molecule has 2 N–H and O–H groups in total. The average Bonchev–Trinajstić information content (AvgIpc) is 2.40. The van der Waals surface area contributed by atoms with E-state index in [4.69, 9.17) is 10.5 Å². The molecule has 4 nitrogen and oxygen atoms in total. The summed E-state index contributed by atoms with van der Waals surface area (Å²) in [6, 6.07) is 10.1. The zero-order chi connectivity index (χ0) is 13.0. The molecule has 1 aromatic carbocycles. The zero-order valence-electron chi connectivity index (χ0n) is 10.7. The van der Waals surface area contributed by atoms with Crippen molar-refractivity contribution in [2.24, 2.45) is 5.73 Å². The van der Waals surface area contributed by atoms with Gasteiger partial charge in [0.15, 0.2) is 0 Å². The molecule has 0 aromatic heterocycles. The Morgan fingerprint density at radius 3 is 2.78 bits per heavy atom. The smallest absolute Gasteiger partial charge is 0.305 e. The first-order valence-electron chi connectivity index (χ1n) is 6.47. The monoisotopic (exact) mass is 248 g/mol. The summed E-state index contributed by atoms with van der Waals surface area (Å²) in [5.41, 5.74) is 7.28. The maximum Gasteiger partial charge on any atom is 0.305 e. The lowest BCUT2D eigenvalue weighted by atomic mass is 10.0. The quantitative estimate of drug-likeness (QED) is 0.830. The number of hydrogen-bond donors (Lipinski definition) is 1. The lowest BCUT2D eigenvalue weighted by Crippen LogP contribution is -2.50. The van der Waals surface area contributed by atoms with Crippen LogP contribution >= 0.6 is 0 Å². The van der Waals surface area contributed by atoms with Crippen molar-refractivity contribution in [2.75, 3.05) is 11.4 Å². The van der Waals surface area contributed by atoms with Gasteiger partial charge in [0.2, 0.25) is 0 Å². The number of ether oxygens (including phenoxy) is 1. The highest BCUT2D eigenvalue weighted by atomic mass is 16.5. The molecule has 2 atom stereocenters. The second-order valence-corrected chi connectivity index (χ2v) is 4.59. The predicted molar refractivity (Wildman–Crippen MR) is 71.2 cm³/mol. The summed E-state index contributed by atoms with van der Waals surface area (Å²) >= 11 is 0. The molecule has 1 aliphatic rings. The van der Waals surface area contributed by atoms with Crippen LogP contribution in [0.1, 0.15) is 26.2 Å². The summed E-state index contributed by atoms with van der Waals surface area (Å²) in [5.74, 6) is -0.139. The number of rotatable bonds is 3. The molecule has 18 heavy (non-hydrogen) atoms. The van der Waals surface area contributed by atoms with Gasteiger partial charge in [0, 0.05) is 31.5 Å². The summed E-state index contributed by atoms with van der Waals surface area (Å²) in [5, 5.41) is 0. The molecule has 1 fully saturated rings. The minimum absolute atomic E-state index is 0.0348. The Morgan fingerprint density at radius 1 is 1.44 bits per heavy atom. The molecule has 0 saturated carbocycles. The average molecular weight is 248 g/mol. The van der Waals surface area contributed by atoms with Gasteiger partial charge in [-0.05, 0) is 12.1 Å². The number of benzene rings is 1. The number of carbonyl (C=O) groups excluding carboxylic acids is 1. The van der Waals surface area contributed by atoms with Crippen molar-refractivity contribution in [1.29, 1.82) is 0 Å². The van der Waals surface area contributed by atoms with Crippen molar-refractivity contribution >= 4 is 11.7 Å². The second-order valence-electron chi connectivity index (χ2n) is 4.59. The van der Waals surface area contributed by atoms with Crippen LogP contribution in [0.15, 0.2) is 30.3 Å². The molecule has 98 valence electrons. The molecule has 1 aromatic rings. The molecule has 0 amide bonds. The van der Waals surface area contributed by atoms with Crippen LogP contribution in [-0.2, 0) is 9.53 Å². The molecule has 0 bridgehead atoms. The Kier molecular flexibility index (Phi) is 4.20. The van der Waals surface area contributed by atoms with Gasteiger partial charge < -0.3 is 15.4 Å². The third kappa shape index (κ3) is 3.01. The Bertz CT molecular complexity index is 394. The molecular weight excluding hydrogens is 228 g/mol. The lowest BCUT2D eigenvalue weighted by Gasteiger charge is -2.38. The van der Waals surface area contributed by atoms with Crippen molar-refractivity contribution in [3.8, 4) is 0 Å². The fourth-order valence-electron chi connectivity index (χ4n) is 2.28. The van der Waals surface area contributed by atoms with Gasteiger partial charge in [-0.25, -0.2) is 0 Å². The van der Waals surface area contributed by atoms with E-state index >= 15 is 0 Å². The Labute approximate surface area is 108 Å². The summed E-state index contributed by atoms with van der Waals surface area (Å²) in [7, 11) is 0. The van der Waals surface area contributed by atoms with Crippen molar-refractivity contribution in [2.45, 2.75) is 38.5 Å². The van der Waals surface area contributed by atoms with Crippen molar-refractivity contribution in [3.63, 3.8) is 0 Å². The van der Waals surface area contributed by atoms with E-state index in [1.165, 1.54) is 0 Å². The van der Waals surface area contributed by atoms with E-state index < -0.39 is 0 Å². The Morgan fingerprint density at radius 2 is 2.17 bits per heavy atom. The van der Waals surface area contributed by atoms with E-state index in [2.05, 4.69) is 17.0 Å². The van der Waals surface area contributed by atoms with Crippen LogP contribution in [-0.4, -0.2) is 24.8 Å². The number of nitrogens with zero attached hydrogens (tertiary/aromatic N) is 1. The van der Waals surface area contributed by atoms with Gasteiger partial charge in [-0.3, -0.25) is 4.79 Å². The first kappa shape index (κ1) is 12.9. The van der Waals surface area contributed by atoms with Crippen LogP contribution in [0.5, 0.6) is 0 Å². The van der Waals surface area contributed by atoms with Crippen molar-refractivity contribution in [3.05, 3.63) is 30.3 Å². The van der Waals surface area contributed by atoms with Gasteiger partial charge in [-0.15, -0.1) is 0 Å². The second kappa shape index (κ2) is 5.87. The van der Waals surface area contributed by atoms with Crippen LogP contribution in [0.3, 0.4) is 0 Å². The van der Waals surface area contributed by atoms with Gasteiger partial charge in [0.1, 0.15) is 6.10 Å². The maximum absolute atomic E-state index is 11.3. The van der Waals surface area contributed by atoms with Gasteiger partial charge in [0.25, 0.3) is 0 Å². The van der Waals surface area contributed by atoms with Gasteiger partial charge >= 0.3 is 5.97 Å². The van der Waals surface area contributed by atoms with Gasteiger partial charge in [-0.2, -0.15) is 0 Å². The number of esters is 1. The first-order chi connectivity index (χ1) is 8.70. The summed E-state index contributed by atoms with van der Waals surface area (Å²) < 4.78 is 5.35. The van der Waals surface area contributed by atoms with Gasteiger partial charge in [-0.1, -0.05) is 25.1 Å². The number of para-hydroxylation sites is 1. The molecule has 0 unspecified atom stereocenters. The zero-order valence-corrected chi connectivity index (χ0v) is 10.7. The fourth-order valence-corrected chi connectivity index (χ4v) is 2.28. The first-order valence-corrected chi connectivity index (χ1v) is 6.47. The largest absolute Gasteiger partial charge is 0.462 e. The highest BCUT2D eigenvalue weighted by molar-refractivity contribution is 5.69. The molecule has 1 saturated heterocycles. The minimum Gasteiger partial charge on any atom is -0.462 e. The third-order valence-electron chi connectivity index (χ3n) is 3.27. The number of anilines is 1. The Hall–Kier alpha value is -1.55. The highest BCUT2D eigenvalue weighted by Crippen LogP contribution is 2.23. The van der Waals surface area contributed by atoms with Crippen LogP contribution < -0.4 is 10.6 Å². The van der Waals surface area contributed by atoms with Crippen LogP contribution in [0.25, 0.3) is 0 Å². The van der Waals surface area contributed by atoms with Crippen LogP contribution in [0.4, 0.5) is 5.69 Å². The molecule has 0 aliphatic carbocycles. The van der Waals surface area contributed by atoms with E-state index in [1.807, 2.05) is 18.2 Å². The van der Waals surface area contributed by atoms with E-state index in [0.717, 1.165) is 18.7 Å². The van der Waals surface area contributed by atoms with Crippen LogP contribution in [0.2, 0.25) is 0 Å². The molecule has 0 spiro atoms. The normalized spacial score (nSPS) is 23.8. The number of hydrogen-bond acceptors (Lipinski definition) is 4. The van der Waals surface area contributed by atoms with E-state index in [0.29, 0.717) is 12.8 Å². The minimum atomic E-state index is -0.139. The molecular formula is C14H20N2O2. The van der Waals surface area contributed by atoms with E-state index in [9.17, 15) is 4.79 Å². The van der Waals surface area contributed by atoms with Gasteiger partial charge in [0.05, 0.1) is 6.17 Å². The molecule has 2 rings (SSSR count). The third-order valence-corrected chi connectivity index (χ3v) is 3.27. The summed E-state index contributed by atoms with van der Waals surface area (Å²) in [4.78, 5) is 13.4. The standard InChI is InChI=1S/C14H20N2O2/c1-2-14(17)18-12-8-9-16(13(15)10-12)11-6-4-3-5-7-11/h3-7,12-13H,2,8-10,15H2,1H3/t12-,13-/m0/s1. The van der Waals surface area contributed by atoms with Crippen molar-refractivity contribution in [1.82, 2.24) is 0 Å². The van der Waals surface area contributed by atoms with E-state index in [-0.39, 0.29) is 18.2 Å². The number of piperidine rings is 1. The Balaban J connectivity index is 1.95. The molecule has 0 radical (unpaired) electrons. The molecule has 1 aliphatic heterocycles. The summed E-state index contributed by atoms with van der Waals surface area (Å²) in [6.07, 6.45) is 1.84. The van der Waals surface area contributed by atoms with Crippen molar-refractivity contribution < 1.29 is 9.53 Å². The number of carbonyl (C=O) groups is 1. The summed E-state index contributed by atoms with van der Waals surface area (Å²) in [6.45, 7) is 2.63. The topological polar surface area (TPSA) is 55.6 Å². The van der Waals surface area contributed by atoms with Crippen LogP contribution in [0, 0.1) is 0 Å². The molecule has 1 heterocycles. The number of nitrogens with two attached hydrogens (primary N) is 1. The molecule has 4 heteroatoms. The lowest BCUT2D eigenvalue weighted by molar-refractivity contribution is -0.149. The highest BCUT2D eigenvalue weighted by Gasteiger charge is 2.27.